The molecule has 1 N–H and O–H groups in total. The summed E-state index contributed by atoms with van der Waals surface area (Å²) in [4.78, 5) is 31.3. The van der Waals surface area contributed by atoms with Gasteiger partial charge in [-0.3, -0.25) is 4.98 Å². The molecule has 0 spiro atoms. The SMILES string of the molecule is CC(c1ccccn1)N(C)C(=O)NCCN(C)C(=O)OC(C)(C)C. The van der Waals surface area contributed by atoms with Gasteiger partial charge in [-0.25, -0.2) is 9.59 Å². The highest BCUT2D eigenvalue weighted by Gasteiger charge is 2.20. The van der Waals surface area contributed by atoms with Crippen molar-refractivity contribution in [2.45, 2.75) is 39.3 Å². The second kappa shape index (κ2) is 8.52. The van der Waals surface area contributed by atoms with Crippen LogP contribution < -0.4 is 5.32 Å². The number of amides is 3. The van der Waals surface area contributed by atoms with Gasteiger partial charge in [0, 0.05) is 33.4 Å². The minimum absolute atomic E-state index is 0.144. The second-order valence-corrected chi connectivity index (χ2v) is 6.68. The van der Waals surface area contributed by atoms with Crippen LogP contribution in [0.1, 0.15) is 39.4 Å². The lowest BCUT2D eigenvalue weighted by Crippen LogP contribution is -2.43. The third-order valence-electron chi connectivity index (χ3n) is 3.45. The topological polar surface area (TPSA) is 74.8 Å². The number of nitrogens with zero attached hydrogens (tertiary/aromatic N) is 3. The summed E-state index contributed by atoms with van der Waals surface area (Å²) in [5.41, 5.74) is 0.286. The van der Waals surface area contributed by atoms with E-state index >= 15 is 0 Å². The van der Waals surface area contributed by atoms with Crippen molar-refractivity contribution in [2.75, 3.05) is 27.2 Å². The van der Waals surface area contributed by atoms with Crippen molar-refractivity contribution >= 4 is 12.1 Å². The minimum atomic E-state index is -0.535. The maximum Gasteiger partial charge on any atom is 0.410 e. The zero-order valence-electron chi connectivity index (χ0n) is 15.4. The number of aromatic nitrogens is 1. The molecule has 0 radical (unpaired) electrons. The first-order valence-corrected chi connectivity index (χ1v) is 7.97. The summed E-state index contributed by atoms with van der Waals surface area (Å²) in [7, 11) is 3.35. The largest absolute Gasteiger partial charge is 0.444 e. The number of rotatable bonds is 5. The van der Waals surface area contributed by atoms with Gasteiger partial charge in [-0.15, -0.1) is 0 Å². The van der Waals surface area contributed by atoms with E-state index in [4.69, 9.17) is 4.74 Å². The van der Waals surface area contributed by atoms with Crippen LogP contribution in [0.4, 0.5) is 9.59 Å². The Bertz CT molecular complexity index is 543. The molecule has 24 heavy (non-hydrogen) atoms. The summed E-state index contributed by atoms with van der Waals surface area (Å²) >= 11 is 0. The molecule has 1 aromatic heterocycles. The highest BCUT2D eigenvalue weighted by molar-refractivity contribution is 5.74. The molecule has 1 rings (SSSR count). The molecule has 0 bridgehead atoms. The summed E-state index contributed by atoms with van der Waals surface area (Å²) in [5, 5.41) is 2.79. The van der Waals surface area contributed by atoms with E-state index in [1.54, 1.807) is 25.2 Å². The van der Waals surface area contributed by atoms with Crippen molar-refractivity contribution < 1.29 is 14.3 Å². The number of nitrogens with one attached hydrogen (secondary N) is 1. The Balaban J connectivity index is 2.41. The number of ether oxygens (including phenoxy) is 1. The van der Waals surface area contributed by atoms with Gasteiger partial charge in [0.2, 0.25) is 0 Å². The van der Waals surface area contributed by atoms with Gasteiger partial charge < -0.3 is 19.9 Å². The Labute approximate surface area is 144 Å². The van der Waals surface area contributed by atoms with Crippen LogP contribution in [0.5, 0.6) is 0 Å². The standard InChI is InChI=1S/C17H28N4O3/c1-13(14-9-7-8-10-18-14)21(6)15(22)19-11-12-20(5)16(23)24-17(2,3)4/h7-10,13H,11-12H2,1-6H3,(H,19,22). The Hall–Kier alpha value is -2.31. The molecule has 7 nitrogen and oxygen atoms in total. The molecule has 7 heteroatoms. The first-order chi connectivity index (χ1) is 11.1. The smallest absolute Gasteiger partial charge is 0.410 e. The highest BCUT2D eigenvalue weighted by Crippen LogP contribution is 2.15. The second-order valence-electron chi connectivity index (χ2n) is 6.68. The van der Waals surface area contributed by atoms with Crippen molar-refractivity contribution in [3.8, 4) is 0 Å². The monoisotopic (exact) mass is 336 g/mol. The fourth-order valence-electron chi connectivity index (χ4n) is 1.88. The molecule has 3 amide bonds. The van der Waals surface area contributed by atoms with E-state index in [1.807, 2.05) is 45.9 Å². The van der Waals surface area contributed by atoms with Crippen LogP contribution in [0.15, 0.2) is 24.4 Å². The lowest BCUT2D eigenvalue weighted by atomic mass is 10.2. The van der Waals surface area contributed by atoms with Crippen LogP contribution in [0.2, 0.25) is 0 Å². The predicted molar refractivity (Wildman–Crippen MR) is 92.7 cm³/mol. The third-order valence-corrected chi connectivity index (χ3v) is 3.45. The zero-order chi connectivity index (χ0) is 18.3. The fraction of sp³-hybridized carbons (Fsp3) is 0.588. The van der Waals surface area contributed by atoms with E-state index in [1.165, 1.54) is 4.90 Å². The van der Waals surface area contributed by atoms with Crippen LogP contribution in [-0.4, -0.2) is 59.7 Å². The van der Waals surface area contributed by atoms with Gasteiger partial charge >= 0.3 is 12.1 Å². The Morgan fingerprint density at radius 1 is 1.29 bits per heavy atom. The van der Waals surface area contributed by atoms with Crippen LogP contribution in [0.3, 0.4) is 0 Å². The van der Waals surface area contributed by atoms with E-state index in [-0.39, 0.29) is 12.1 Å². The molecule has 0 aromatic carbocycles. The van der Waals surface area contributed by atoms with Crippen molar-refractivity contribution in [3.63, 3.8) is 0 Å². The third kappa shape index (κ3) is 6.44. The molecular weight excluding hydrogens is 308 g/mol. The van der Waals surface area contributed by atoms with Crippen molar-refractivity contribution in [3.05, 3.63) is 30.1 Å². The average Bonchev–Trinajstić information content (AvgIpc) is 2.52. The van der Waals surface area contributed by atoms with Gasteiger partial charge in [-0.05, 0) is 39.8 Å². The van der Waals surface area contributed by atoms with E-state index in [0.717, 1.165) is 5.69 Å². The molecule has 1 heterocycles. The number of hydrogen-bond acceptors (Lipinski definition) is 4. The fourth-order valence-corrected chi connectivity index (χ4v) is 1.88. The van der Waals surface area contributed by atoms with E-state index in [9.17, 15) is 9.59 Å². The van der Waals surface area contributed by atoms with Gasteiger partial charge in [0.15, 0.2) is 0 Å². The quantitative estimate of drug-likeness (QED) is 0.897. The van der Waals surface area contributed by atoms with E-state index in [2.05, 4.69) is 10.3 Å². The Morgan fingerprint density at radius 2 is 1.96 bits per heavy atom. The van der Waals surface area contributed by atoms with Crippen molar-refractivity contribution in [2.24, 2.45) is 0 Å². The molecule has 1 unspecified atom stereocenters. The van der Waals surface area contributed by atoms with Gasteiger partial charge in [-0.2, -0.15) is 0 Å². The van der Waals surface area contributed by atoms with Crippen LogP contribution in [0, 0.1) is 0 Å². The minimum Gasteiger partial charge on any atom is -0.444 e. The number of carbonyl (C=O) groups is 2. The summed E-state index contributed by atoms with van der Waals surface area (Å²) in [5.74, 6) is 0. The molecule has 1 atom stereocenters. The van der Waals surface area contributed by atoms with E-state index < -0.39 is 11.7 Å². The summed E-state index contributed by atoms with van der Waals surface area (Å²) in [6.07, 6.45) is 1.29. The molecule has 134 valence electrons. The number of likely N-dealkylation sites (N-methyl/N-ethyl adjacent to an activating group) is 1. The van der Waals surface area contributed by atoms with Crippen molar-refractivity contribution in [1.29, 1.82) is 0 Å². The lowest BCUT2D eigenvalue weighted by Gasteiger charge is -2.26. The first kappa shape index (κ1) is 19.7. The maximum atomic E-state index is 12.2. The molecule has 0 saturated carbocycles. The van der Waals surface area contributed by atoms with Gasteiger partial charge in [-0.1, -0.05) is 6.07 Å². The van der Waals surface area contributed by atoms with Crippen LogP contribution in [0.25, 0.3) is 0 Å². The summed E-state index contributed by atoms with van der Waals surface area (Å²) in [6, 6.07) is 5.24. The normalized spacial score (nSPS) is 12.2. The van der Waals surface area contributed by atoms with Gasteiger partial charge in [0.25, 0.3) is 0 Å². The molecule has 0 fully saturated rings. The molecule has 0 saturated heterocycles. The number of urea groups is 1. The zero-order valence-corrected chi connectivity index (χ0v) is 15.4. The lowest BCUT2D eigenvalue weighted by molar-refractivity contribution is 0.0300. The molecule has 0 aliphatic carbocycles. The highest BCUT2D eigenvalue weighted by atomic mass is 16.6. The van der Waals surface area contributed by atoms with E-state index in [0.29, 0.717) is 13.1 Å². The predicted octanol–water partition coefficient (Wildman–Crippen LogP) is 2.65. The molecular formula is C17H28N4O3. The first-order valence-electron chi connectivity index (χ1n) is 7.97. The summed E-state index contributed by atoms with van der Waals surface area (Å²) in [6.45, 7) is 8.06. The molecule has 0 aliphatic rings. The molecule has 0 aliphatic heterocycles. The maximum absolute atomic E-state index is 12.2. The number of hydrogen-bond donors (Lipinski definition) is 1. The van der Waals surface area contributed by atoms with Gasteiger partial charge in [0.05, 0.1) is 11.7 Å². The van der Waals surface area contributed by atoms with Gasteiger partial charge in [0.1, 0.15) is 5.60 Å². The van der Waals surface area contributed by atoms with Crippen LogP contribution >= 0.6 is 0 Å². The molecule has 1 aromatic rings. The average molecular weight is 336 g/mol. The van der Waals surface area contributed by atoms with Crippen molar-refractivity contribution in [1.82, 2.24) is 20.1 Å². The number of pyridine rings is 1. The Kier molecular flexibility index (Phi) is 7.00. The number of carbonyl (C=O) groups excluding carboxylic acids is 2. The summed E-state index contributed by atoms with van der Waals surface area (Å²) < 4.78 is 5.26. The Morgan fingerprint density at radius 3 is 2.50 bits per heavy atom. The van der Waals surface area contributed by atoms with Crippen LogP contribution in [-0.2, 0) is 4.74 Å².